The van der Waals surface area contributed by atoms with Crippen LogP contribution in [0.2, 0.25) is 0 Å². The first kappa shape index (κ1) is 15.7. The average Bonchev–Trinajstić information content (AvgIpc) is 2.42. The lowest BCUT2D eigenvalue weighted by atomic mass is 10.0. The number of hydrogen-bond acceptors (Lipinski definition) is 2. The SMILES string of the molecule is CCNCC(=O)N(C)CCc1ccc(C(C)C)cc1. The maximum Gasteiger partial charge on any atom is 0.236 e. The van der Waals surface area contributed by atoms with E-state index in [4.69, 9.17) is 0 Å². The summed E-state index contributed by atoms with van der Waals surface area (Å²) in [5.41, 5.74) is 2.65. The summed E-state index contributed by atoms with van der Waals surface area (Å²) in [4.78, 5) is 13.5. The Kier molecular flexibility index (Phi) is 6.57. The van der Waals surface area contributed by atoms with Crippen molar-refractivity contribution in [2.75, 3.05) is 26.7 Å². The summed E-state index contributed by atoms with van der Waals surface area (Å²) < 4.78 is 0. The molecule has 0 spiro atoms. The molecule has 0 heterocycles. The summed E-state index contributed by atoms with van der Waals surface area (Å²) in [6.07, 6.45) is 0.909. The van der Waals surface area contributed by atoms with Gasteiger partial charge in [-0.1, -0.05) is 45.0 Å². The van der Waals surface area contributed by atoms with Crippen molar-refractivity contribution < 1.29 is 4.79 Å². The molecule has 1 N–H and O–H groups in total. The molecule has 0 radical (unpaired) electrons. The fourth-order valence-electron chi connectivity index (χ4n) is 1.86. The molecular formula is C16H26N2O. The molecule has 3 nitrogen and oxygen atoms in total. The van der Waals surface area contributed by atoms with Crippen molar-refractivity contribution in [2.45, 2.75) is 33.1 Å². The Morgan fingerprint density at radius 3 is 2.42 bits per heavy atom. The van der Waals surface area contributed by atoms with E-state index in [1.807, 2.05) is 14.0 Å². The summed E-state index contributed by atoms with van der Waals surface area (Å²) in [5, 5.41) is 3.06. The van der Waals surface area contributed by atoms with Crippen LogP contribution >= 0.6 is 0 Å². The molecule has 1 amide bonds. The molecule has 19 heavy (non-hydrogen) atoms. The van der Waals surface area contributed by atoms with Gasteiger partial charge in [-0.2, -0.15) is 0 Å². The highest BCUT2D eigenvalue weighted by molar-refractivity contribution is 5.77. The first-order chi connectivity index (χ1) is 9.04. The van der Waals surface area contributed by atoms with Crippen LogP contribution in [0.1, 0.15) is 37.8 Å². The van der Waals surface area contributed by atoms with Crippen LogP contribution < -0.4 is 5.32 Å². The molecule has 0 aliphatic rings. The van der Waals surface area contributed by atoms with Gasteiger partial charge >= 0.3 is 0 Å². The maximum atomic E-state index is 11.7. The van der Waals surface area contributed by atoms with Gasteiger partial charge in [0.05, 0.1) is 6.54 Å². The average molecular weight is 262 g/mol. The number of benzene rings is 1. The second-order valence-electron chi connectivity index (χ2n) is 5.24. The Bertz CT molecular complexity index is 384. The van der Waals surface area contributed by atoms with E-state index >= 15 is 0 Å². The Balaban J connectivity index is 2.41. The van der Waals surface area contributed by atoms with Crippen LogP contribution in [0.4, 0.5) is 0 Å². The van der Waals surface area contributed by atoms with E-state index in [9.17, 15) is 4.79 Å². The van der Waals surface area contributed by atoms with Gasteiger partial charge in [-0.05, 0) is 30.0 Å². The van der Waals surface area contributed by atoms with Crippen molar-refractivity contribution in [1.29, 1.82) is 0 Å². The molecule has 0 aliphatic heterocycles. The van der Waals surface area contributed by atoms with Crippen molar-refractivity contribution in [1.82, 2.24) is 10.2 Å². The van der Waals surface area contributed by atoms with Crippen molar-refractivity contribution in [3.8, 4) is 0 Å². The van der Waals surface area contributed by atoms with Crippen LogP contribution in [0.3, 0.4) is 0 Å². The fourth-order valence-corrected chi connectivity index (χ4v) is 1.86. The molecule has 1 rings (SSSR count). The minimum absolute atomic E-state index is 0.153. The molecular weight excluding hydrogens is 236 g/mol. The highest BCUT2D eigenvalue weighted by Crippen LogP contribution is 2.14. The number of carbonyl (C=O) groups is 1. The highest BCUT2D eigenvalue weighted by atomic mass is 16.2. The lowest BCUT2D eigenvalue weighted by Crippen LogP contribution is -2.36. The number of hydrogen-bond donors (Lipinski definition) is 1. The number of likely N-dealkylation sites (N-methyl/N-ethyl adjacent to an activating group) is 2. The first-order valence-corrected chi connectivity index (χ1v) is 7.08. The number of carbonyl (C=O) groups excluding carboxylic acids is 1. The normalized spacial score (nSPS) is 10.8. The zero-order chi connectivity index (χ0) is 14.3. The molecule has 0 bridgehead atoms. The van der Waals surface area contributed by atoms with Crippen LogP contribution in [-0.2, 0) is 11.2 Å². The quantitative estimate of drug-likeness (QED) is 0.818. The van der Waals surface area contributed by atoms with Gasteiger partial charge in [-0.15, -0.1) is 0 Å². The lowest BCUT2D eigenvalue weighted by Gasteiger charge is -2.17. The van der Waals surface area contributed by atoms with Gasteiger partial charge in [0.25, 0.3) is 0 Å². The fraction of sp³-hybridized carbons (Fsp3) is 0.562. The van der Waals surface area contributed by atoms with Crippen LogP contribution in [0, 0.1) is 0 Å². The molecule has 0 atom stereocenters. The van der Waals surface area contributed by atoms with E-state index in [1.165, 1.54) is 11.1 Å². The topological polar surface area (TPSA) is 32.3 Å². The molecule has 0 unspecified atom stereocenters. The Morgan fingerprint density at radius 2 is 1.89 bits per heavy atom. The maximum absolute atomic E-state index is 11.7. The smallest absolute Gasteiger partial charge is 0.236 e. The second-order valence-corrected chi connectivity index (χ2v) is 5.24. The summed E-state index contributed by atoms with van der Waals surface area (Å²) in [5.74, 6) is 0.721. The van der Waals surface area contributed by atoms with Gasteiger partial charge in [0.1, 0.15) is 0 Å². The largest absolute Gasteiger partial charge is 0.344 e. The third-order valence-corrected chi connectivity index (χ3v) is 3.33. The lowest BCUT2D eigenvalue weighted by molar-refractivity contribution is -0.128. The van der Waals surface area contributed by atoms with E-state index < -0.39 is 0 Å². The zero-order valence-corrected chi connectivity index (χ0v) is 12.6. The molecule has 0 aliphatic carbocycles. The molecule has 0 fully saturated rings. The summed E-state index contributed by atoms with van der Waals surface area (Å²) >= 11 is 0. The van der Waals surface area contributed by atoms with Gasteiger partial charge in [0.2, 0.25) is 5.91 Å². The van der Waals surface area contributed by atoms with E-state index in [1.54, 1.807) is 4.90 Å². The molecule has 0 aromatic heterocycles. The molecule has 1 aromatic rings. The minimum atomic E-state index is 0.153. The monoisotopic (exact) mass is 262 g/mol. The Morgan fingerprint density at radius 1 is 1.26 bits per heavy atom. The van der Waals surface area contributed by atoms with E-state index in [2.05, 4.69) is 43.4 Å². The summed E-state index contributed by atoms with van der Waals surface area (Å²) in [7, 11) is 1.86. The van der Waals surface area contributed by atoms with E-state index in [0.717, 1.165) is 19.5 Å². The van der Waals surface area contributed by atoms with Crippen molar-refractivity contribution >= 4 is 5.91 Å². The molecule has 106 valence electrons. The highest BCUT2D eigenvalue weighted by Gasteiger charge is 2.07. The van der Waals surface area contributed by atoms with E-state index in [0.29, 0.717) is 12.5 Å². The van der Waals surface area contributed by atoms with Gasteiger partial charge in [0, 0.05) is 13.6 Å². The predicted molar refractivity (Wildman–Crippen MR) is 80.4 cm³/mol. The van der Waals surface area contributed by atoms with E-state index in [-0.39, 0.29) is 5.91 Å². The first-order valence-electron chi connectivity index (χ1n) is 7.08. The van der Waals surface area contributed by atoms with Gasteiger partial charge in [-0.25, -0.2) is 0 Å². The molecule has 1 aromatic carbocycles. The van der Waals surface area contributed by atoms with Crippen LogP contribution in [0.25, 0.3) is 0 Å². The Hall–Kier alpha value is -1.35. The molecule has 3 heteroatoms. The third-order valence-electron chi connectivity index (χ3n) is 3.33. The van der Waals surface area contributed by atoms with Crippen LogP contribution in [0.15, 0.2) is 24.3 Å². The molecule has 0 saturated carbocycles. The van der Waals surface area contributed by atoms with Crippen molar-refractivity contribution in [2.24, 2.45) is 0 Å². The van der Waals surface area contributed by atoms with Crippen molar-refractivity contribution in [3.05, 3.63) is 35.4 Å². The Labute approximate surface area is 117 Å². The van der Waals surface area contributed by atoms with Gasteiger partial charge in [0.15, 0.2) is 0 Å². The summed E-state index contributed by atoms with van der Waals surface area (Å²) in [6.45, 7) is 8.43. The van der Waals surface area contributed by atoms with Crippen LogP contribution in [0.5, 0.6) is 0 Å². The van der Waals surface area contributed by atoms with Gasteiger partial charge < -0.3 is 10.2 Å². The zero-order valence-electron chi connectivity index (χ0n) is 12.6. The number of amides is 1. The number of nitrogens with one attached hydrogen (secondary N) is 1. The van der Waals surface area contributed by atoms with Crippen LogP contribution in [-0.4, -0.2) is 37.5 Å². The number of rotatable bonds is 7. The minimum Gasteiger partial charge on any atom is -0.344 e. The van der Waals surface area contributed by atoms with Gasteiger partial charge in [-0.3, -0.25) is 4.79 Å². The standard InChI is InChI=1S/C16H26N2O/c1-5-17-12-16(19)18(4)11-10-14-6-8-15(9-7-14)13(2)3/h6-9,13,17H,5,10-12H2,1-4H3. The molecule has 0 saturated heterocycles. The summed E-state index contributed by atoms with van der Waals surface area (Å²) in [6, 6.07) is 8.69. The van der Waals surface area contributed by atoms with Crippen molar-refractivity contribution in [3.63, 3.8) is 0 Å². The second kappa shape index (κ2) is 7.95. The predicted octanol–water partition coefficient (Wildman–Crippen LogP) is 2.42. The number of nitrogens with zero attached hydrogens (tertiary/aromatic N) is 1. The third kappa shape index (κ3) is 5.43.